The Labute approximate surface area is 90.5 Å². The number of rotatable bonds is 2. The zero-order valence-corrected chi connectivity index (χ0v) is 8.20. The quantitative estimate of drug-likeness (QED) is 0.348. The molecule has 7 heteroatoms. The standard InChI is InChI=1S/C9H9N3O4/c10-11-8(5-16-9(11)13)6-3-1-2-4-7(6)12(14)15/h1-4,8H,5,10H2. The zero-order chi connectivity index (χ0) is 11.7. The average molecular weight is 223 g/mol. The zero-order valence-electron chi connectivity index (χ0n) is 8.20. The number of nitrogens with zero attached hydrogens (tertiary/aromatic N) is 2. The van der Waals surface area contributed by atoms with Crippen molar-refractivity contribution in [3.05, 3.63) is 39.9 Å². The number of amides is 1. The lowest BCUT2D eigenvalue weighted by molar-refractivity contribution is -0.385. The molecule has 1 fully saturated rings. The second kappa shape index (κ2) is 3.78. The summed E-state index contributed by atoms with van der Waals surface area (Å²) >= 11 is 0. The molecule has 1 aromatic carbocycles. The van der Waals surface area contributed by atoms with Gasteiger partial charge >= 0.3 is 6.09 Å². The Hall–Kier alpha value is -2.15. The van der Waals surface area contributed by atoms with Crippen LogP contribution >= 0.6 is 0 Å². The van der Waals surface area contributed by atoms with Crippen LogP contribution in [0, 0.1) is 10.1 Å². The molecule has 1 atom stereocenters. The van der Waals surface area contributed by atoms with Crippen molar-refractivity contribution >= 4 is 11.8 Å². The van der Waals surface area contributed by atoms with Crippen LogP contribution in [0.1, 0.15) is 11.6 Å². The van der Waals surface area contributed by atoms with Gasteiger partial charge in [0.05, 0.1) is 10.5 Å². The highest BCUT2D eigenvalue weighted by Gasteiger charge is 2.35. The van der Waals surface area contributed by atoms with Gasteiger partial charge in [0.15, 0.2) is 0 Å². The number of cyclic esters (lactones) is 1. The number of ether oxygens (including phenoxy) is 1. The van der Waals surface area contributed by atoms with Crippen molar-refractivity contribution in [3.63, 3.8) is 0 Å². The topological polar surface area (TPSA) is 98.7 Å². The fourth-order valence-electron chi connectivity index (χ4n) is 1.61. The van der Waals surface area contributed by atoms with Crippen LogP contribution < -0.4 is 5.84 Å². The Bertz CT molecular complexity index is 448. The van der Waals surface area contributed by atoms with Crippen LogP contribution in [0.15, 0.2) is 24.3 Å². The molecule has 1 saturated heterocycles. The maximum Gasteiger partial charge on any atom is 0.424 e. The predicted octanol–water partition coefficient (Wildman–Crippen LogP) is 0.962. The molecule has 1 aliphatic heterocycles. The summed E-state index contributed by atoms with van der Waals surface area (Å²) in [6.07, 6.45) is -0.678. The summed E-state index contributed by atoms with van der Waals surface area (Å²) in [5, 5.41) is 11.7. The number of carbonyl (C=O) groups is 1. The molecule has 84 valence electrons. The van der Waals surface area contributed by atoms with E-state index >= 15 is 0 Å². The fourth-order valence-corrected chi connectivity index (χ4v) is 1.61. The number of para-hydroxylation sites is 1. The minimum absolute atomic E-state index is 0.0280. The van der Waals surface area contributed by atoms with Gasteiger partial charge in [0.25, 0.3) is 5.69 Å². The molecule has 2 N–H and O–H groups in total. The molecule has 0 aliphatic carbocycles. The van der Waals surface area contributed by atoms with Crippen molar-refractivity contribution in [3.8, 4) is 0 Å². The van der Waals surface area contributed by atoms with Gasteiger partial charge in [0.2, 0.25) is 0 Å². The molecular formula is C9H9N3O4. The lowest BCUT2D eigenvalue weighted by atomic mass is 10.1. The van der Waals surface area contributed by atoms with Gasteiger partial charge in [-0.05, 0) is 6.07 Å². The van der Waals surface area contributed by atoms with Gasteiger partial charge in [-0.1, -0.05) is 12.1 Å². The van der Waals surface area contributed by atoms with Gasteiger partial charge < -0.3 is 4.74 Å². The van der Waals surface area contributed by atoms with Crippen molar-refractivity contribution < 1.29 is 14.5 Å². The van der Waals surface area contributed by atoms with Crippen molar-refractivity contribution in [1.82, 2.24) is 5.01 Å². The number of nitro groups is 1. The maximum absolute atomic E-state index is 11.0. The van der Waals surface area contributed by atoms with E-state index in [1.54, 1.807) is 18.2 Å². The molecule has 0 spiro atoms. The molecule has 0 saturated carbocycles. The minimum atomic E-state index is -0.678. The number of hydrogen-bond acceptors (Lipinski definition) is 5. The highest BCUT2D eigenvalue weighted by atomic mass is 16.6. The van der Waals surface area contributed by atoms with E-state index in [1.807, 2.05) is 0 Å². The summed E-state index contributed by atoms with van der Waals surface area (Å²) in [6.45, 7) is 0.0280. The van der Waals surface area contributed by atoms with Gasteiger partial charge in [0.1, 0.15) is 12.6 Å². The number of benzene rings is 1. The van der Waals surface area contributed by atoms with E-state index in [9.17, 15) is 14.9 Å². The molecule has 1 heterocycles. The molecule has 16 heavy (non-hydrogen) atoms. The first-order chi connectivity index (χ1) is 7.61. The normalized spacial score (nSPS) is 19.7. The van der Waals surface area contributed by atoms with Gasteiger partial charge in [0, 0.05) is 6.07 Å². The van der Waals surface area contributed by atoms with Crippen molar-refractivity contribution in [1.29, 1.82) is 0 Å². The third-order valence-electron chi connectivity index (χ3n) is 2.40. The molecular weight excluding hydrogens is 214 g/mol. The number of nitrogens with two attached hydrogens (primary N) is 1. The van der Waals surface area contributed by atoms with Crippen molar-refractivity contribution in [2.24, 2.45) is 5.84 Å². The Morgan fingerprint density at radius 2 is 2.19 bits per heavy atom. The van der Waals surface area contributed by atoms with E-state index in [2.05, 4.69) is 0 Å². The van der Waals surface area contributed by atoms with E-state index < -0.39 is 17.1 Å². The summed E-state index contributed by atoms with van der Waals surface area (Å²) in [5.41, 5.74) is 0.308. The number of carbonyl (C=O) groups excluding carboxylic acids is 1. The van der Waals surface area contributed by atoms with E-state index in [0.717, 1.165) is 5.01 Å². The molecule has 1 aliphatic rings. The highest BCUT2D eigenvalue weighted by molar-refractivity contribution is 5.70. The number of hydrazine groups is 1. The second-order valence-corrected chi connectivity index (χ2v) is 3.32. The van der Waals surface area contributed by atoms with Gasteiger partial charge in [-0.3, -0.25) is 10.1 Å². The van der Waals surface area contributed by atoms with Crippen LogP contribution in [0.2, 0.25) is 0 Å². The summed E-state index contributed by atoms with van der Waals surface area (Å²) < 4.78 is 4.71. The summed E-state index contributed by atoms with van der Waals surface area (Å²) in [6, 6.07) is 5.53. The van der Waals surface area contributed by atoms with Crippen LogP contribution in [-0.4, -0.2) is 22.6 Å². The third kappa shape index (κ3) is 1.57. The summed E-state index contributed by atoms with van der Waals surface area (Å²) in [7, 11) is 0. The molecule has 0 radical (unpaired) electrons. The first-order valence-electron chi connectivity index (χ1n) is 4.55. The van der Waals surface area contributed by atoms with Crippen LogP contribution in [0.25, 0.3) is 0 Å². The van der Waals surface area contributed by atoms with Crippen molar-refractivity contribution in [2.45, 2.75) is 6.04 Å². The van der Waals surface area contributed by atoms with Gasteiger partial charge in [-0.15, -0.1) is 0 Å². The molecule has 0 bridgehead atoms. The van der Waals surface area contributed by atoms with Crippen molar-refractivity contribution in [2.75, 3.05) is 6.61 Å². The summed E-state index contributed by atoms with van der Waals surface area (Å²) in [4.78, 5) is 21.3. The van der Waals surface area contributed by atoms with Gasteiger partial charge in [-0.2, -0.15) is 0 Å². The first kappa shape index (κ1) is 10.4. The average Bonchev–Trinajstić information content (AvgIpc) is 2.60. The second-order valence-electron chi connectivity index (χ2n) is 3.32. The largest absolute Gasteiger partial charge is 0.446 e. The smallest absolute Gasteiger partial charge is 0.424 e. The third-order valence-corrected chi connectivity index (χ3v) is 2.40. The molecule has 1 unspecified atom stereocenters. The van der Waals surface area contributed by atoms with Crippen LogP contribution in [0.3, 0.4) is 0 Å². The lowest BCUT2D eigenvalue weighted by Gasteiger charge is -2.15. The van der Waals surface area contributed by atoms with E-state index in [4.69, 9.17) is 10.6 Å². The maximum atomic E-state index is 11.0. The molecule has 1 amide bonds. The van der Waals surface area contributed by atoms with E-state index in [1.165, 1.54) is 6.07 Å². The highest BCUT2D eigenvalue weighted by Crippen LogP contribution is 2.31. The van der Waals surface area contributed by atoms with Crippen LogP contribution in [0.4, 0.5) is 10.5 Å². The first-order valence-corrected chi connectivity index (χ1v) is 4.55. The van der Waals surface area contributed by atoms with Crippen LogP contribution in [0.5, 0.6) is 0 Å². The Kier molecular flexibility index (Phi) is 2.45. The number of hydrogen-bond donors (Lipinski definition) is 1. The summed E-state index contributed by atoms with van der Waals surface area (Å²) in [5.74, 6) is 5.46. The molecule has 2 rings (SSSR count). The molecule has 0 aromatic heterocycles. The van der Waals surface area contributed by atoms with Gasteiger partial charge in [-0.25, -0.2) is 15.6 Å². The molecule has 7 nitrogen and oxygen atoms in total. The predicted molar refractivity (Wildman–Crippen MR) is 53.2 cm³/mol. The molecule has 1 aromatic rings. The minimum Gasteiger partial charge on any atom is -0.446 e. The Morgan fingerprint density at radius 3 is 2.75 bits per heavy atom. The van der Waals surface area contributed by atoms with Crippen LogP contribution in [-0.2, 0) is 4.74 Å². The lowest BCUT2D eigenvalue weighted by Crippen LogP contribution is -2.34. The SMILES string of the molecule is NN1C(=O)OCC1c1ccccc1[N+](=O)[O-]. The van der Waals surface area contributed by atoms with E-state index in [0.29, 0.717) is 5.56 Å². The number of nitro benzene ring substituents is 1. The Balaban J connectivity index is 2.41. The Morgan fingerprint density at radius 1 is 1.50 bits per heavy atom. The van der Waals surface area contributed by atoms with E-state index in [-0.39, 0.29) is 12.3 Å². The monoisotopic (exact) mass is 223 g/mol. The fraction of sp³-hybridized carbons (Fsp3) is 0.222.